The second-order valence-electron chi connectivity index (χ2n) is 6.20. The molecule has 0 radical (unpaired) electrons. The summed E-state index contributed by atoms with van der Waals surface area (Å²) >= 11 is 7.88. The molecule has 0 bridgehead atoms. The van der Waals surface area contributed by atoms with E-state index >= 15 is 0 Å². The van der Waals surface area contributed by atoms with Crippen molar-refractivity contribution in [2.75, 3.05) is 12.3 Å². The summed E-state index contributed by atoms with van der Waals surface area (Å²) in [4.78, 5) is 12.2. The highest BCUT2D eigenvalue weighted by atomic mass is 35.5. The third-order valence-corrected chi connectivity index (χ3v) is 5.54. The first-order valence-electron chi connectivity index (χ1n) is 8.88. The van der Waals surface area contributed by atoms with Crippen molar-refractivity contribution in [3.05, 3.63) is 77.3 Å². The molecule has 0 aliphatic heterocycles. The molecule has 3 nitrogen and oxygen atoms in total. The molecule has 0 fully saturated rings. The zero-order chi connectivity index (χ0) is 19.1. The number of carbonyl (C=O) groups excluding carboxylic acids is 1. The molecule has 0 aliphatic carbocycles. The van der Waals surface area contributed by atoms with Crippen LogP contribution in [0.4, 0.5) is 0 Å². The molecule has 0 aliphatic rings. The van der Waals surface area contributed by atoms with Crippen LogP contribution in [-0.2, 0) is 10.5 Å². The molecule has 1 N–H and O–H groups in total. The molecule has 1 amide bonds. The van der Waals surface area contributed by atoms with Gasteiger partial charge in [0.25, 0.3) is 5.91 Å². The monoisotopic (exact) mass is 399 g/mol. The quantitative estimate of drug-likeness (QED) is 0.521. The van der Waals surface area contributed by atoms with E-state index in [1.54, 1.807) is 18.7 Å². The maximum atomic E-state index is 12.2. The van der Waals surface area contributed by atoms with Crippen molar-refractivity contribution < 1.29 is 9.53 Å². The number of nitrogens with one attached hydrogen (secondary N) is 1. The van der Waals surface area contributed by atoms with Crippen LogP contribution in [-0.4, -0.2) is 24.3 Å². The molecule has 1 atom stereocenters. The van der Waals surface area contributed by atoms with Gasteiger partial charge in [-0.3, -0.25) is 4.79 Å². The summed E-state index contributed by atoms with van der Waals surface area (Å²) in [6.07, 6.45) is -0.542. The van der Waals surface area contributed by atoms with E-state index in [9.17, 15) is 4.79 Å². The lowest BCUT2D eigenvalue weighted by Crippen LogP contribution is -2.37. The van der Waals surface area contributed by atoms with Crippen LogP contribution in [0.2, 0.25) is 5.02 Å². The highest BCUT2D eigenvalue weighted by Gasteiger charge is 2.14. The van der Waals surface area contributed by atoms with Crippen molar-refractivity contribution >= 4 is 40.0 Å². The lowest BCUT2D eigenvalue weighted by atomic mass is 10.1. The number of amides is 1. The first-order valence-corrected chi connectivity index (χ1v) is 10.4. The van der Waals surface area contributed by atoms with E-state index in [2.05, 4.69) is 11.4 Å². The fraction of sp³-hybridized carbons (Fsp3) is 0.227. The van der Waals surface area contributed by atoms with E-state index in [-0.39, 0.29) is 5.91 Å². The Kier molecular flexibility index (Phi) is 7.02. The third kappa shape index (κ3) is 5.65. The molecular weight excluding hydrogens is 378 g/mol. The fourth-order valence-corrected chi connectivity index (χ4v) is 3.83. The Morgan fingerprint density at radius 1 is 1.07 bits per heavy atom. The maximum absolute atomic E-state index is 12.2. The smallest absolute Gasteiger partial charge is 0.260 e. The predicted molar refractivity (Wildman–Crippen MR) is 115 cm³/mol. The fourth-order valence-electron chi connectivity index (χ4n) is 2.69. The standard InChI is InChI=1S/C22H22ClNO2S/c1-16(26-20-11-10-17-6-2-3-7-18(17)14-20)22(25)24-12-13-27-15-19-8-4-5-9-21(19)23/h2-11,14,16H,12-13,15H2,1H3,(H,24,25)/t16-/m0/s1. The Morgan fingerprint density at radius 3 is 2.63 bits per heavy atom. The molecule has 3 rings (SSSR count). The number of carbonyl (C=O) groups is 1. The molecule has 0 saturated heterocycles. The predicted octanol–water partition coefficient (Wildman–Crippen LogP) is 5.31. The van der Waals surface area contributed by atoms with Crippen molar-refractivity contribution in [3.63, 3.8) is 0 Å². The van der Waals surface area contributed by atoms with Crippen molar-refractivity contribution in [1.82, 2.24) is 5.32 Å². The molecule has 5 heteroatoms. The van der Waals surface area contributed by atoms with E-state index in [4.69, 9.17) is 16.3 Å². The van der Waals surface area contributed by atoms with Gasteiger partial charge in [0.2, 0.25) is 0 Å². The van der Waals surface area contributed by atoms with Crippen LogP contribution in [0.5, 0.6) is 5.75 Å². The van der Waals surface area contributed by atoms with Gasteiger partial charge in [0.15, 0.2) is 6.10 Å². The minimum atomic E-state index is -0.542. The average molecular weight is 400 g/mol. The van der Waals surface area contributed by atoms with E-state index in [0.717, 1.165) is 32.9 Å². The largest absolute Gasteiger partial charge is 0.481 e. The summed E-state index contributed by atoms with van der Waals surface area (Å²) in [5.41, 5.74) is 1.11. The van der Waals surface area contributed by atoms with E-state index < -0.39 is 6.10 Å². The number of thioether (sulfide) groups is 1. The topological polar surface area (TPSA) is 38.3 Å². The van der Waals surface area contributed by atoms with Gasteiger partial charge in [-0.15, -0.1) is 0 Å². The summed E-state index contributed by atoms with van der Waals surface area (Å²) in [5, 5.41) is 5.95. The molecule has 0 spiro atoms. The number of ether oxygens (including phenoxy) is 1. The third-order valence-electron chi connectivity index (χ3n) is 4.16. The van der Waals surface area contributed by atoms with Gasteiger partial charge in [-0.25, -0.2) is 0 Å². The lowest BCUT2D eigenvalue weighted by Gasteiger charge is -2.15. The zero-order valence-corrected chi connectivity index (χ0v) is 16.7. The second kappa shape index (κ2) is 9.67. The Morgan fingerprint density at radius 2 is 1.81 bits per heavy atom. The number of hydrogen-bond acceptors (Lipinski definition) is 3. The van der Waals surface area contributed by atoms with E-state index in [0.29, 0.717) is 12.3 Å². The van der Waals surface area contributed by atoms with Gasteiger partial charge in [-0.2, -0.15) is 11.8 Å². The lowest BCUT2D eigenvalue weighted by molar-refractivity contribution is -0.127. The molecule has 0 unspecified atom stereocenters. The molecule has 0 heterocycles. The highest BCUT2D eigenvalue weighted by Crippen LogP contribution is 2.22. The van der Waals surface area contributed by atoms with Gasteiger partial charge in [-0.05, 0) is 41.5 Å². The van der Waals surface area contributed by atoms with Crippen LogP contribution in [0.3, 0.4) is 0 Å². The number of fused-ring (bicyclic) bond motifs is 1. The van der Waals surface area contributed by atoms with Gasteiger partial charge in [0.05, 0.1) is 0 Å². The number of hydrogen-bond donors (Lipinski definition) is 1. The van der Waals surface area contributed by atoms with E-state index in [1.165, 1.54) is 0 Å². The van der Waals surface area contributed by atoms with Crippen molar-refractivity contribution in [2.45, 2.75) is 18.8 Å². The molecule has 0 aromatic heterocycles. The van der Waals surface area contributed by atoms with Gasteiger partial charge in [0, 0.05) is 23.1 Å². The Balaban J connectivity index is 1.41. The summed E-state index contributed by atoms with van der Waals surface area (Å²) in [5.74, 6) is 2.24. The molecule has 3 aromatic rings. The van der Waals surface area contributed by atoms with Crippen molar-refractivity contribution in [2.24, 2.45) is 0 Å². The van der Waals surface area contributed by atoms with E-state index in [1.807, 2.05) is 60.7 Å². The Bertz CT molecular complexity index is 915. The SMILES string of the molecule is C[C@H](Oc1ccc2ccccc2c1)C(=O)NCCSCc1ccccc1Cl. The van der Waals surface area contributed by atoms with Gasteiger partial charge < -0.3 is 10.1 Å². The minimum Gasteiger partial charge on any atom is -0.481 e. The molecule has 3 aromatic carbocycles. The molecular formula is C22H22ClNO2S. The normalized spacial score (nSPS) is 11.9. The number of rotatable bonds is 8. The number of benzene rings is 3. The van der Waals surface area contributed by atoms with Crippen LogP contribution >= 0.6 is 23.4 Å². The van der Waals surface area contributed by atoms with Gasteiger partial charge in [-0.1, -0.05) is 60.1 Å². The van der Waals surface area contributed by atoms with Crippen LogP contribution < -0.4 is 10.1 Å². The van der Waals surface area contributed by atoms with Crippen LogP contribution in [0.15, 0.2) is 66.7 Å². The first-order chi connectivity index (χ1) is 13.1. The van der Waals surface area contributed by atoms with Crippen LogP contribution in [0, 0.1) is 0 Å². The van der Waals surface area contributed by atoms with Crippen molar-refractivity contribution in [3.8, 4) is 5.75 Å². The highest BCUT2D eigenvalue weighted by molar-refractivity contribution is 7.98. The maximum Gasteiger partial charge on any atom is 0.260 e. The van der Waals surface area contributed by atoms with Crippen LogP contribution in [0.1, 0.15) is 12.5 Å². The minimum absolute atomic E-state index is 0.110. The Labute approximate surface area is 169 Å². The summed E-state index contributed by atoms with van der Waals surface area (Å²) < 4.78 is 5.79. The van der Waals surface area contributed by atoms with Crippen molar-refractivity contribution in [1.29, 1.82) is 0 Å². The Hall–Kier alpha value is -2.17. The van der Waals surface area contributed by atoms with Crippen LogP contribution in [0.25, 0.3) is 10.8 Å². The summed E-state index contributed by atoms with van der Waals surface area (Å²) in [6, 6.07) is 21.7. The molecule has 0 saturated carbocycles. The number of halogens is 1. The molecule has 140 valence electrons. The second-order valence-corrected chi connectivity index (χ2v) is 7.72. The average Bonchev–Trinajstić information content (AvgIpc) is 2.68. The zero-order valence-electron chi connectivity index (χ0n) is 15.2. The van der Waals surface area contributed by atoms with Gasteiger partial charge >= 0.3 is 0 Å². The first kappa shape index (κ1) is 19.6. The summed E-state index contributed by atoms with van der Waals surface area (Å²) in [6.45, 7) is 2.36. The summed E-state index contributed by atoms with van der Waals surface area (Å²) in [7, 11) is 0. The van der Waals surface area contributed by atoms with Gasteiger partial charge in [0.1, 0.15) is 5.75 Å². The molecule has 27 heavy (non-hydrogen) atoms.